The molecule has 0 unspecified atom stereocenters. The molecule has 1 aromatic carbocycles. The molecule has 0 bridgehead atoms. The monoisotopic (exact) mass is 295 g/mol. The van der Waals surface area contributed by atoms with Crippen LogP contribution in [-0.4, -0.2) is 13.4 Å². The van der Waals surface area contributed by atoms with Crippen LogP contribution in [0.2, 0.25) is 10.2 Å². The molecule has 0 fully saturated rings. The van der Waals surface area contributed by atoms with Crippen molar-refractivity contribution >= 4 is 53.7 Å². The molecule has 84 valence electrons. The van der Waals surface area contributed by atoms with E-state index in [1.54, 1.807) is 24.3 Å². The molecule has 3 nitrogen and oxygen atoms in total. The zero-order valence-electron chi connectivity index (χ0n) is 7.62. The van der Waals surface area contributed by atoms with Crippen molar-refractivity contribution in [1.82, 2.24) is 4.98 Å². The van der Waals surface area contributed by atoms with Gasteiger partial charge in [0, 0.05) is 21.5 Å². The van der Waals surface area contributed by atoms with Crippen LogP contribution >= 0.6 is 33.9 Å². The lowest BCUT2D eigenvalue weighted by Crippen LogP contribution is -1.97. The van der Waals surface area contributed by atoms with E-state index in [1.165, 1.54) is 0 Å². The Bertz CT molecular complexity index is 670. The van der Waals surface area contributed by atoms with Gasteiger partial charge in [0.05, 0.1) is 5.02 Å². The predicted octanol–water partition coefficient (Wildman–Crippen LogP) is 3.47. The van der Waals surface area contributed by atoms with Gasteiger partial charge in [-0.05, 0) is 0 Å². The Balaban J connectivity index is 2.97. The summed E-state index contributed by atoms with van der Waals surface area (Å²) < 4.78 is 22.4. The molecule has 0 aliphatic rings. The van der Waals surface area contributed by atoms with Crippen molar-refractivity contribution < 1.29 is 8.42 Å². The summed E-state index contributed by atoms with van der Waals surface area (Å²) in [5.41, 5.74) is 0. The second-order valence-corrected chi connectivity index (χ2v) is 6.22. The first kappa shape index (κ1) is 11.9. The van der Waals surface area contributed by atoms with Gasteiger partial charge in [-0.15, -0.1) is 0 Å². The van der Waals surface area contributed by atoms with E-state index in [2.05, 4.69) is 4.98 Å². The fourth-order valence-corrected chi connectivity index (χ4v) is 3.12. The molecule has 16 heavy (non-hydrogen) atoms. The van der Waals surface area contributed by atoms with Crippen LogP contribution in [0.5, 0.6) is 0 Å². The molecule has 2 rings (SSSR count). The van der Waals surface area contributed by atoms with Crippen molar-refractivity contribution in [2.24, 2.45) is 0 Å². The van der Waals surface area contributed by atoms with Crippen LogP contribution in [0.1, 0.15) is 0 Å². The van der Waals surface area contributed by atoms with Crippen LogP contribution in [0.25, 0.3) is 10.8 Å². The third-order valence-electron chi connectivity index (χ3n) is 2.00. The molecule has 7 heteroatoms. The quantitative estimate of drug-likeness (QED) is 0.598. The topological polar surface area (TPSA) is 47.0 Å². The Labute approximate surface area is 106 Å². The minimum absolute atomic E-state index is 0.0185. The predicted molar refractivity (Wildman–Crippen MR) is 64.8 cm³/mol. The molecule has 0 saturated carbocycles. The molecule has 0 amide bonds. The molecule has 0 spiro atoms. The first-order chi connectivity index (χ1) is 7.41. The first-order valence-electron chi connectivity index (χ1n) is 4.09. The second kappa shape index (κ2) is 4.04. The largest absolute Gasteiger partial charge is 0.280 e. The van der Waals surface area contributed by atoms with Gasteiger partial charge in [-0.2, -0.15) is 0 Å². The third-order valence-corrected chi connectivity index (χ3v) is 3.98. The van der Waals surface area contributed by atoms with Crippen molar-refractivity contribution in [3.8, 4) is 0 Å². The molecular weight excluding hydrogens is 293 g/mol. The highest BCUT2D eigenvalue weighted by Gasteiger charge is 2.20. The zero-order chi connectivity index (χ0) is 11.9. The highest BCUT2D eigenvalue weighted by molar-refractivity contribution is 8.13. The molecule has 0 aliphatic carbocycles. The Morgan fingerprint density at radius 1 is 1.06 bits per heavy atom. The molecule has 2 aromatic rings. The number of hydrogen-bond acceptors (Lipinski definition) is 3. The highest BCUT2D eigenvalue weighted by Crippen LogP contribution is 2.33. The first-order valence-corrected chi connectivity index (χ1v) is 7.16. The van der Waals surface area contributed by atoms with E-state index in [0.717, 1.165) is 0 Å². The second-order valence-electron chi connectivity index (χ2n) is 3.01. The molecule has 0 atom stereocenters. The molecule has 0 radical (unpaired) electrons. The standard InChI is InChI=1S/C9H4Cl3NO2S/c10-7-5-3-1-2-4-6(5)8(11)13-9(7)16(12,14)15/h1-4H. The maximum absolute atomic E-state index is 11.2. The highest BCUT2D eigenvalue weighted by atomic mass is 35.7. The zero-order valence-corrected chi connectivity index (χ0v) is 10.7. The summed E-state index contributed by atoms with van der Waals surface area (Å²) in [4.78, 5) is 3.69. The maximum atomic E-state index is 11.2. The van der Waals surface area contributed by atoms with Gasteiger partial charge in [-0.1, -0.05) is 47.5 Å². The normalized spacial score (nSPS) is 11.9. The number of benzene rings is 1. The van der Waals surface area contributed by atoms with Crippen LogP contribution in [0.15, 0.2) is 29.3 Å². The number of halogens is 3. The Hall–Kier alpha value is -0.550. The van der Waals surface area contributed by atoms with Crippen LogP contribution in [0, 0.1) is 0 Å². The van der Waals surface area contributed by atoms with E-state index in [9.17, 15) is 8.42 Å². The number of pyridine rings is 1. The molecule has 0 aliphatic heterocycles. The van der Waals surface area contributed by atoms with Gasteiger partial charge in [0.2, 0.25) is 0 Å². The lowest BCUT2D eigenvalue weighted by Gasteiger charge is -2.05. The van der Waals surface area contributed by atoms with E-state index in [-0.39, 0.29) is 10.2 Å². The summed E-state index contributed by atoms with van der Waals surface area (Å²) in [6.45, 7) is 0. The van der Waals surface area contributed by atoms with Gasteiger partial charge >= 0.3 is 0 Å². The lowest BCUT2D eigenvalue weighted by molar-refractivity contribution is 0.606. The Morgan fingerprint density at radius 3 is 2.19 bits per heavy atom. The van der Waals surface area contributed by atoms with E-state index < -0.39 is 14.1 Å². The lowest BCUT2D eigenvalue weighted by atomic mass is 10.2. The van der Waals surface area contributed by atoms with Crippen LogP contribution in [-0.2, 0) is 9.05 Å². The number of hydrogen-bond donors (Lipinski definition) is 0. The van der Waals surface area contributed by atoms with Crippen molar-refractivity contribution in [2.45, 2.75) is 5.03 Å². The minimum Gasteiger partial charge on any atom is -0.221 e. The fourth-order valence-electron chi connectivity index (χ4n) is 1.33. The van der Waals surface area contributed by atoms with Gasteiger partial charge < -0.3 is 0 Å². The van der Waals surface area contributed by atoms with Crippen LogP contribution in [0.4, 0.5) is 0 Å². The van der Waals surface area contributed by atoms with Crippen LogP contribution in [0.3, 0.4) is 0 Å². The minimum atomic E-state index is -4.00. The summed E-state index contributed by atoms with van der Waals surface area (Å²) in [6.07, 6.45) is 0. The van der Waals surface area contributed by atoms with Crippen molar-refractivity contribution in [3.05, 3.63) is 34.4 Å². The summed E-state index contributed by atoms with van der Waals surface area (Å²) in [6, 6.07) is 6.81. The van der Waals surface area contributed by atoms with Gasteiger partial charge in [-0.3, -0.25) is 0 Å². The average Bonchev–Trinajstić information content (AvgIpc) is 2.22. The summed E-state index contributed by atoms with van der Waals surface area (Å²) in [5, 5.41) is 0.704. The van der Waals surface area contributed by atoms with Crippen molar-refractivity contribution in [1.29, 1.82) is 0 Å². The number of aromatic nitrogens is 1. The number of rotatable bonds is 1. The molecule has 0 N–H and O–H groups in total. The van der Waals surface area contributed by atoms with Crippen molar-refractivity contribution in [3.63, 3.8) is 0 Å². The Morgan fingerprint density at radius 2 is 1.62 bits per heavy atom. The summed E-state index contributed by atoms with van der Waals surface area (Å²) in [7, 11) is 1.20. The van der Waals surface area contributed by atoms with E-state index in [1.807, 2.05) is 0 Å². The summed E-state index contributed by atoms with van der Waals surface area (Å²) >= 11 is 11.8. The summed E-state index contributed by atoms with van der Waals surface area (Å²) in [5.74, 6) is 0. The molecule has 0 saturated heterocycles. The van der Waals surface area contributed by atoms with Gasteiger partial charge in [0.15, 0.2) is 5.03 Å². The van der Waals surface area contributed by atoms with Gasteiger partial charge in [0.1, 0.15) is 5.15 Å². The molecular formula is C9H4Cl3NO2S. The van der Waals surface area contributed by atoms with E-state index in [4.69, 9.17) is 33.9 Å². The van der Waals surface area contributed by atoms with Crippen LogP contribution < -0.4 is 0 Å². The Kier molecular flexibility index (Phi) is 3.01. The van der Waals surface area contributed by atoms with Gasteiger partial charge in [0.25, 0.3) is 9.05 Å². The smallest absolute Gasteiger partial charge is 0.221 e. The average molecular weight is 297 g/mol. The number of nitrogens with zero attached hydrogens (tertiary/aromatic N) is 1. The van der Waals surface area contributed by atoms with Crippen molar-refractivity contribution in [2.75, 3.05) is 0 Å². The molecule has 1 heterocycles. The fraction of sp³-hybridized carbons (Fsp3) is 0. The molecule has 1 aromatic heterocycles. The maximum Gasteiger partial charge on any atom is 0.280 e. The van der Waals surface area contributed by atoms with E-state index >= 15 is 0 Å². The van der Waals surface area contributed by atoms with E-state index in [0.29, 0.717) is 10.8 Å². The third kappa shape index (κ3) is 1.98. The van der Waals surface area contributed by atoms with Gasteiger partial charge in [-0.25, -0.2) is 13.4 Å². The SMILES string of the molecule is O=S(=O)(Cl)c1nc(Cl)c2ccccc2c1Cl. The number of fused-ring (bicyclic) bond motifs is 1.